The van der Waals surface area contributed by atoms with E-state index in [0.29, 0.717) is 10.8 Å². The van der Waals surface area contributed by atoms with Crippen LogP contribution in [0.25, 0.3) is 0 Å². The first kappa shape index (κ1) is 22.2. The Morgan fingerprint density at radius 3 is 2.25 bits per heavy atom. The SMILES string of the molecule is COc1ccc(S(=O)(=O)NC(C(=O)NC(C)c2cccc(Cl)c2)C(C)C)cc1. The zero-order valence-corrected chi connectivity index (χ0v) is 17.8. The second-order valence-electron chi connectivity index (χ2n) is 6.80. The summed E-state index contributed by atoms with van der Waals surface area (Å²) in [5, 5.41) is 3.42. The van der Waals surface area contributed by atoms with E-state index in [-0.39, 0.29) is 16.9 Å². The third-order valence-corrected chi connectivity index (χ3v) is 6.00. The van der Waals surface area contributed by atoms with Gasteiger partial charge in [-0.25, -0.2) is 8.42 Å². The van der Waals surface area contributed by atoms with E-state index in [4.69, 9.17) is 16.3 Å². The monoisotopic (exact) mass is 424 g/mol. The maximum Gasteiger partial charge on any atom is 0.241 e. The first-order valence-corrected chi connectivity index (χ1v) is 10.7. The van der Waals surface area contributed by atoms with E-state index < -0.39 is 22.0 Å². The molecule has 2 rings (SSSR count). The van der Waals surface area contributed by atoms with Gasteiger partial charge in [0.2, 0.25) is 15.9 Å². The highest BCUT2D eigenvalue weighted by Crippen LogP contribution is 2.19. The van der Waals surface area contributed by atoms with Gasteiger partial charge in [0, 0.05) is 5.02 Å². The Morgan fingerprint density at radius 2 is 1.71 bits per heavy atom. The Hall–Kier alpha value is -2.09. The van der Waals surface area contributed by atoms with Crippen LogP contribution in [0.3, 0.4) is 0 Å². The van der Waals surface area contributed by atoms with Gasteiger partial charge in [-0.15, -0.1) is 0 Å². The predicted octanol–water partition coefficient (Wildman–Crippen LogP) is 3.53. The molecule has 0 bridgehead atoms. The summed E-state index contributed by atoms with van der Waals surface area (Å²) in [6, 6.07) is 11.9. The second-order valence-corrected chi connectivity index (χ2v) is 8.95. The van der Waals surface area contributed by atoms with Crippen molar-refractivity contribution in [2.24, 2.45) is 5.92 Å². The summed E-state index contributed by atoms with van der Waals surface area (Å²) in [4.78, 5) is 12.8. The summed E-state index contributed by atoms with van der Waals surface area (Å²) in [6.07, 6.45) is 0. The van der Waals surface area contributed by atoms with Crippen molar-refractivity contribution in [2.75, 3.05) is 7.11 Å². The average Bonchev–Trinajstić information content (AvgIpc) is 2.65. The molecular weight excluding hydrogens is 400 g/mol. The number of methoxy groups -OCH3 is 1. The van der Waals surface area contributed by atoms with E-state index in [9.17, 15) is 13.2 Å². The Labute approximate surface area is 171 Å². The largest absolute Gasteiger partial charge is 0.497 e. The molecular formula is C20H25ClN2O4S. The molecule has 0 aliphatic carbocycles. The number of carbonyl (C=O) groups is 1. The van der Waals surface area contributed by atoms with Crippen LogP contribution in [0.4, 0.5) is 0 Å². The summed E-state index contributed by atoms with van der Waals surface area (Å²) in [7, 11) is -2.37. The normalized spacial score (nSPS) is 13.8. The minimum Gasteiger partial charge on any atom is -0.497 e. The lowest BCUT2D eigenvalue weighted by Crippen LogP contribution is -2.50. The van der Waals surface area contributed by atoms with E-state index in [1.165, 1.54) is 19.2 Å². The number of benzene rings is 2. The van der Waals surface area contributed by atoms with Crippen molar-refractivity contribution in [3.63, 3.8) is 0 Å². The van der Waals surface area contributed by atoms with Gasteiger partial charge in [0.1, 0.15) is 11.8 Å². The fourth-order valence-electron chi connectivity index (χ4n) is 2.64. The summed E-state index contributed by atoms with van der Waals surface area (Å²) in [5.41, 5.74) is 0.835. The topological polar surface area (TPSA) is 84.5 Å². The van der Waals surface area contributed by atoms with Crippen LogP contribution in [0.2, 0.25) is 5.02 Å². The molecule has 0 aliphatic heterocycles. The molecule has 2 aromatic carbocycles. The van der Waals surface area contributed by atoms with Crippen LogP contribution in [0, 0.1) is 5.92 Å². The first-order chi connectivity index (χ1) is 13.1. The molecule has 0 fully saturated rings. The zero-order valence-electron chi connectivity index (χ0n) is 16.3. The molecule has 2 aromatic rings. The average molecular weight is 425 g/mol. The van der Waals surface area contributed by atoms with Crippen LogP contribution in [0.5, 0.6) is 5.75 Å². The van der Waals surface area contributed by atoms with Crippen LogP contribution >= 0.6 is 11.6 Å². The van der Waals surface area contributed by atoms with Gasteiger partial charge in [-0.3, -0.25) is 4.79 Å². The Bertz CT molecular complexity index is 914. The van der Waals surface area contributed by atoms with Gasteiger partial charge in [0.15, 0.2) is 0 Å². The molecule has 0 saturated heterocycles. The molecule has 2 atom stereocenters. The molecule has 0 spiro atoms. The van der Waals surface area contributed by atoms with Crippen LogP contribution in [0.1, 0.15) is 32.4 Å². The molecule has 28 heavy (non-hydrogen) atoms. The van der Waals surface area contributed by atoms with E-state index in [1.54, 1.807) is 44.2 Å². The van der Waals surface area contributed by atoms with E-state index in [2.05, 4.69) is 10.0 Å². The predicted molar refractivity (Wildman–Crippen MR) is 110 cm³/mol. The van der Waals surface area contributed by atoms with E-state index in [0.717, 1.165) is 5.56 Å². The quantitative estimate of drug-likeness (QED) is 0.678. The lowest BCUT2D eigenvalue weighted by atomic mass is 10.0. The summed E-state index contributed by atoms with van der Waals surface area (Å²) >= 11 is 6.00. The van der Waals surface area contributed by atoms with Gasteiger partial charge in [0.25, 0.3) is 0 Å². The second kappa shape index (κ2) is 9.41. The molecule has 8 heteroatoms. The van der Waals surface area contributed by atoms with Crippen LogP contribution in [-0.2, 0) is 14.8 Å². The number of hydrogen-bond acceptors (Lipinski definition) is 4. The Balaban J connectivity index is 2.16. The molecule has 6 nitrogen and oxygen atoms in total. The number of carbonyl (C=O) groups excluding carboxylic acids is 1. The van der Waals surface area contributed by atoms with Crippen molar-refractivity contribution in [1.82, 2.24) is 10.0 Å². The maximum absolute atomic E-state index is 12.8. The highest BCUT2D eigenvalue weighted by Gasteiger charge is 2.29. The third-order valence-electron chi connectivity index (χ3n) is 4.31. The lowest BCUT2D eigenvalue weighted by molar-refractivity contribution is -0.124. The third kappa shape index (κ3) is 5.70. The molecule has 1 amide bonds. The lowest BCUT2D eigenvalue weighted by Gasteiger charge is -2.24. The van der Waals surface area contributed by atoms with Crippen LogP contribution < -0.4 is 14.8 Å². The van der Waals surface area contributed by atoms with Crippen molar-refractivity contribution < 1.29 is 17.9 Å². The molecule has 0 heterocycles. The summed E-state index contributed by atoms with van der Waals surface area (Å²) < 4.78 is 33.0. The highest BCUT2D eigenvalue weighted by atomic mass is 35.5. The number of ether oxygens (including phenoxy) is 1. The fourth-order valence-corrected chi connectivity index (χ4v) is 4.19. The number of sulfonamides is 1. The van der Waals surface area contributed by atoms with Gasteiger partial charge in [0.05, 0.1) is 18.0 Å². The zero-order chi connectivity index (χ0) is 20.9. The minimum atomic E-state index is -3.87. The standard InChI is InChI=1S/C20H25ClN2O4S/c1-13(2)19(20(24)22-14(3)15-6-5-7-16(21)12-15)23-28(25,26)18-10-8-17(27-4)9-11-18/h5-14,19,23H,1-4H3,(H,22,24). The summed E-state index contributed by atoms with van der Waals surface area (Å²) in [5.74, 6) is -0.105. The van der Waals surface area contributed by atoms with Gasteiger partial charge < -0.3 is 10.1 Å². The van der Waals surface area contributed by atoms with Gasteiger partial charge >= 0.3 is 0 Å². The number of nitrogens with one attached hydrogen (secondary N) is 2. The van der Waals surface area contributed by atoms with Gasteiger partial charge in [-0.05, 0) is 54.8 Å². The number of amides is 1. The molecule has 0 saturated carbocycles. The number of hydrogen-bond donors (Lipinski definition) is 2. The molecule has 0 radical (unpaired) electrons. The van der Waals surface area contributed by atoms with Crippen molar-refractivity contribution in [1.29, 1.82) is 0 Å². The van der Waals surface area contributed by atoms with Crippen LogP contribution in [0.15, 0.2) is 53.4 Å². The van der Waals surface area contributed by atoms with Gasteiger partial charge in [-0.2, -0.15) is 4.72 Å². The molecule has 0 aliphatic rings. The van der Waals surface area contributed by atoms with Crippen molar-refractivity contribution >= 4 is 27.5 Å². The number of halogens is 1. The van der Waals surface area contributed by atoms with E-state index >= 15 is 0 Å². The molecule has 152 valence electrons. The molecule has 2 N–H and O–H groups in total. The number of rotatable bonds is 8. The highest BCUT2D eigenvalue weighted by molar-refractivity contribution is 7.89. The first-order valence-electron chi connectivity index (χ1n) is 8.86. The van der Waals surface area contributed by atoms with Gasteiger partial charge in [-0.1, -0.05) is 37.6 Å². The minimum absolute atomic E-state index is 0.0645. The smallest absolute Gasteiger partial charge is 0.241 e. The fraction of sp³-hybridized carbons (Fsp3) is 0.350. The maximum atomic E-state index is 12.8. The van der Waals surface area contributed by atoms with Crippen molar-refractivity contribution in [3.8, 4) is 5.75 Å². The van der Waals surface area contributed by atoms with Crippen molar-refractivity contribution in [2.45, 2.75) is 37.8 Å². The Morgan fingerprint density at radius 1 is 1.07 bits per heavy atom. The van der Waals surface area contributed by atoms with Crippen molar-refractivity contribution in [3.05, 3.63) is 59.1 Å². The molecule has 2 unspecified atom stereocenters. The molecule has 0 aromatic heterocycles. The Kier molecular flexibility index (Phi) is 7.46. The van der Waals surface area contributed by atoms with Crippen LogP contribution in [-0.4, -0.2) is 27.5 Å². The van der Waals surface area contributed by atoms with E-state index in [1.807, 2.05) is 13.0 Å². The summed E-state index contributed by atoms with van der Waals surface area (Å²) in [6.45, 7) is 5.38.